The zero-order valence-corrected chi connectivity index (χ0v) is 27.8. The number of fused-ring (bicyclic) bond motifs is 6. The Morgan fingerprint density at radius 3 is 2.20 bits per heavy atom. The molecule has 0 aliphatic rings. The monoisotopic (exact) mass is 787 g/mol. The van der Waals surface area contributed by atoms with Crippen LogP contribution in [0.1, 0.15) is 48.4 Å². The molecule has 4 nitrogen and oxygen atoms in total. The fourth-order valence-electron chi connectivity index (χ4n) is 5.35. The number of aromatic nitrogens is 2. The number of rotatable bonds is 3. The summed E-state index contributed by atoms with van der Waals surface area (Å²) >= 11 is 0. The van der Waals surface area contributed by atoms with E-state index in [2.05, 4.69) is 22.1 Å². The summed E-state index contributed by atoms with van der Waals surface area (Å²) in [5, 5.41) is 3.55. The molecule has 0 saturated carbocycles. The van der Waals surface area contributed by atoms with E-state index in [1.807, 2.05) is 99.6 Å². The average Bonchev–Trinajstić information content (AvgIpc) is 3.67. The molecule has 0 aliphatic carbocycles. The third-order valence-electron chi connectivity index (χ3n) is 7.36. The van der Waals surface area contributed by atoms with Gasteiger partial charge in [0.2, 0.25) is 0 Å². The molecule has 0 atom stereocenters. The van der Waals surface area contributed by atoms with Crippen LogP contribution in [0.15, 0.2) is 112 Å². The molecular weight excluding hydrogens is 745 g/mol. The van der Waals surface area contributed by atoms with E-state index in [-0.39, 0.29) is 36.9 Å². The van der Waals surface area contributed by atoms with Crippen LogP contribution in [-0.4, -0.2) is 9.97 Å². The van der Waals surface area contributed by atoms with Crippen molar-refractivity contribution < 1.29 is 39.9 Å². The first-order chi connectivity index (χ1) is 24.9. The number of hydrogen-bond donors (Lipinski definition) is 0. The van der Waals surface area contributed by atoms with Gasteiger partial charge in [-0.3, -0.25) is 0 Å². The van der Waals surface area contributed by atoms with Crippen molar-refractivity contribution in [1.29, 1.82) is 0 Å². The molecule has 0 saturated heterocycles. The minimum atomic E-state index is -2.62. The van der Waals surface area contributed by atoms with Crippen LogP contribution in [-0.2, 0) is 26.5 Å². The number of pyridine rings is 2. The zero-order chi connectivity index (χ0) is 37.9. The minimum absolute atomic E-state index is 0. The predicted octanol–water partition coefficient (Wildman–Crippen LogP) is 11.1. The molecule has 0 fully saturated rings. The van der Waals surface area contributed by atoms with Gasteiger partial charge in [-0.25, -0.2) is 0 Å². The Hall–Kier alpha value is -4.57. The van der Waals surface area contributed by atoms with E-state index in [9.17, 15) is 0 Å². The number of para-hydroxylation sites is 1. The van der Waals surface area contributed by atoms with Crippen LogP contribution < -0.4 is 0 Å². The number of aryl methyl sites for hydroxylation is 2. The summed E-state index contributed by atoms with van der Waals surface area (Å²) in [6.07, 6.45) is 1.33. The Morgan fingerprint density at radius 1 is 0.696 bits per heavy atom. The molecule has 0 N–H and O–H groups in total. The fourth-order valence-corrected chi connectivity index (χ4v) is 5.35. The molecule has 8 aromatic rings. The first kappa shape index (κ1) is 22.9. The molecule has 4 aromatic heterocycles. The number of furan rings is 2. The quantitative estimate of drug-likeness (QED) is 0.167. The van der Waals surface area contributed by atoms with Crippen LogP contribution in [0.25, 0.3) is 66.4 Å². The van der Waals surface area contributed by atoms with Crippen molar-refractivity contribution in [3.63, 3.8) is 0 Å². The Balaban J connectivity index is 0.000000213. The summed E-state index contributed by atoms with van der Waals surface area (Å²) in [6, 6.07) is 34.0. The van der Waals surface area contributed by atoms with Gasteiger partial charge in [-0.1, -0.05) is 73.7 Å². The zero-order valence-electron chi connectivity index (χ0n) is 33.4. The van der Waals surface area contributed by atoms with E-state index in [1.165, 1.54) is 6.07 Å². The maximum Gasteiger partial charge on any atom is 0.136 e. The van der Waals surface area contributed by atoms with Crippen molar-refractivity contribution in [2.24, 2.45) is 5.41 Å². The molecule has 0 bridgehead atoms. The van der Waals surface area contributed by atoms with E-state index in [0.717, 1.165) is 50.2 Å². The average molecular weight is 787 g/mol. The van der Waals surface area contributed by atoms with Gasteiger partial charge in [0.1, 0.15) is 16.7 Å². The Bertz CT molecular complexity index is 2600. The molecule has 4 aromatic carbocycles. The summed E-state index contributed by atoms with van der Waals surface area (Å²) in [6.45, 7) is 0.472. The third-order valence-corrected chi connectivity index (χ3v) is 7.36. The maximum atomic E-state index is 8.21. The van der Waals surface area contributed by atoms with Crippen molar-refractivity contribution in [2.45, 2.75) is 40.8 Å². The molecule has 46 heavy (non-hydrogen) atoms. The van der Waals surface area contributed by atoms with Crippen molar-refractivity contribution in [2.75, 3.05) is 0 Å². The fraction of sp³-hybridized carbons (Fsp3) is 0.171. The summed E-state index contributed by atoms with van der Waals surface area (Å²) in [5.74, 6) is 0. The van der Waals surface area contributed by atoms with Crippen LogP contribution in [0.2, 0.25) is 0 Å². The molecule has 1 radical (unpaired) electrons. The Labute approximate surface area is 294 Å². The van der Waals surface area contributed by atoms with Gasteiger partial charge in [-0.2, -0.15) is 0 Å². The van der Waals surface area contributed by atoms with E-state index >= 15 is 0 Å². The number of benzene rings is 4. The molecule has 0 spiro atoms. The normalized spacial score (nSPS) is 14.9. The smallest absolute Gasteiger partial charge is 0.136 e. The summed E-state index contributed by atoms with van der Waals surface area (Å²) in [7, 11) is 0. The molecular formula is C41H34IrN2O2-2. The van der Waals surface area contributed by atoms with Gasteiger partial charge >= 0.3 is 0 Å². The van der Waals surface area contributed by atoms with Crippen molar-refractivity contribution in [1.82, 2.24) is 9.97 Å². The minimum Gasteiger partial charge on any atom is -0.501 e. The largest absolute Gasteiger partial charge is 0.501 e. The van der Waals surface area contributed by atoms with Crippen LogP contribution >= 0.6 is 0 Å². The van der Waals surface area contributed by atoms with Gasteiger partial charge in [0.15, 0.2) is 0 Å². The molecule has 5 heteroatoms. The Kier molecular flexibility index (Phi) is 6.30. The first-order valence-electron chi connectivity index (χ1n) is 18.6. The molecule has 0 unspecified atom stereocenters. The SMILES string of the molecule is [2H]C([2H])([2H])c1cnc(-c2[c-]ccc3c2oc2cc4c(cc23)oc2ccccc24)cc1C([2H])([2H])[2H].[2H]C([2H])(c1ccc(-c2[c-]cccc2)nc1)C(C)(C)C.[Ir]. The summed E-state index contributed by atoms with van der Waals surface area (Å²) in [4.78, 5) is 8.63. The van der Waals surface area contributed by atoms with Gasteiger partial charge in [-0.15, -0.1) is 54.1 Å². The molecule has 4 heterocycles. The van der Waals surface area contributed by atoms with Gasteiger partial charge in [0, 0.05) is 59.6 Å². The van der Waals surface area contributed by atoms with Gasteiger partial charge in [0.05, 0.1) is 5.58 Å². The van der Waals surface area contributed by atoms with Gasteiger partial charge in [0.25, 0.3) is 0 Å². The second-order valence-electron chi connectivity index (χ2n) is 11.8. The predicted molar refractivity (Wildman–Crippen MR) is 184 cm³/mol. The Morgan fingerprint density at radius 2 is 1.46 bits per heavy atom. The van der Waals surface area contributed by atoms with Crippen molar-refractivity contribution >= 4 is 43.9 Å². The number of hydrogen-bond acceptors (Lipinski definition) is 4. The summed E-state index contributed by atoms with van der Waals surface area (Å²) in [5.41, 5.74) is 4.72. The molecule has 231 valence electrons. The molecule has 8 rings (SSSR count). The van der Waals surface area contributed by atoms with E-state index in [0.29, 0.717) is 22.3 Å². The van der Waals surface area contributed by atoms with E-state index in [4.69, 9.17) is 19.8 Å². The first-order valence-corrected chi connectivity index (χ1v) is 14.6. The summed E-state index contributed by atoms with van der Waals surface area (Å²) < 4.78 is 75.3. The van der Waals surface area contributed by atoms with Crippen LogP contribution in [0.4, 0.5) is 0 Å². The third kappa shape index (κ3) is 6.26. The molecule has 0 amide bonds. The van der Waals surface area contributed by atoms with Crippen LogP contribution in [0, 0.1) is 31.3 Å². The van der Waals surface area contributed by atoms with Crippen molar-refractivity contribution in [3.8, 4) is 22.5 Å². The number of nitrogens with zero attached hydrogens (tertiary/aromatic N) is 2. The van der Waals surface area contributed by atoms with E-state index in [1.54, 1.807) is 12.3 Å². The maximum absolute atomic E-state index is 8.21. The standard InChI is InChI=1S/C25H16NO2.C16H18N.Ir/c1-14-10-21(26-13-15(14)2)18-8-5-7-17-20-12-23-19(11-24(20)28-25(17)18)16-6-3-4-9-22(16)27-23;1-16(2,3)11-13-9-10-15(17-12-13)14-7-5-4-6-8-14;/h3-7,9-13H,1-2H3;4-7,9-10,12H,11H2,1-3H3;/q2*-1;/i1D3,2D3;11D2;. The van der Waals surface area contributed by atoms with Crippen LogP contribution in [0.5, 0.6) is 0 Å². The van der Waals surface area contributed by atoms with Crippen molar-refractivity contribution in [3.05, 3.63) is 132 Å². The van der Waals surface area contributed by atoms with Gasteiger partial charge < -0.3 is 18.8 Å². The topological polar surface area (TPSA) is 52.1 Å². The second-order valence-corrected chi connectivity index (χ2v) is 11.8. The molecule has 0 aliphatic heterocycles. The van der Waals surface area contributed by atoms with Crippen LogP contribution in [0.3, 0.4) is 0 Å². The second kappa shape index (κ2) is 12.7. The van der Waals surface area contributed by atoms with E-state index < -0.39 is 25.5 Å². The van der Waals surface area contributed by atoms with Gasteiger partial charge in [-0.05, 0) is 66.2 Å².